The van der Waals surface area contributed by atoms with Crippen LogP contribution in [0.25, 0.3) is 21.8 Å². The Labute approximate surface area is 203 Å². The molecule has 4 aromatic rings. The predicted molar refractivity (Wildman–Crippen MR) is 136 cm³/mol. The zero-order valence-corrected chi connectivity index (χ0v) is 19.7. The molecule has 1 aliphatic heterocycles. The van der Waals surface area contributed by atoms with Crippen molar-refractivity contribution >= 4 is 28.8 Å². The molecule has 1 unspecified atom stereocenters. The van der Waals surface area contributed by atoms with E-state index in [1.165, 1.54) is 0 Å². The molecule has 1 aromatic heterocycles. The molecule has 0 spiro atoms. The Bertz CT molecular complexity index is 1300. The lowest BCUT2D eigenvalue weighted by atomic mass is 10.1. The lowest BCUT2D eigenvalue weighted by Gasteiger charge is -2.17. The smallest absolute Gasteiger partial charge is 0.227 e. The second kappa shape index (κ2) is 9.61. The Morgan fingerprint density at radius 3 is 2.47 bits per heavy atom. The minimum atomic E-state index is -0.334. The number of hydrogen-bond donors (Lipinski definition) is 1. The third kappa shape index (κ3) is 4.77. The molecular formula is C28H25N3O2S. The van der Waals surface area contributed by atoms with E-state index in [4.69, 9.17) is 4.98 Å². The minimum absolute atomic E-state index is 0.00771. The number of nitrogens with one attached hydrogen (secondary N) is 1. The third-order valence-electron chi connectivity index (χ3n) is 6.08. The van der Waals surface area contributed by atoms with Gasteiger partial charge in [0.2, 0.25) is 11.8 Å². The summed E-state index contributed by atoms with van der Waals surface area (Å²) in [5.74, 6) is -0.425. The number of hydrogen-bond acceptors (Lipinski definition) is 4. The number of nitrogens with zero attached hydrogens (tertiary/aromatic N) is 2. The van der Waals surface area contributed by atoms with Crippen molar-refractivity contribution < 1.29 is 9.59 Å². The summed E-state index contributed by atoms with van der Waals surface area (Å²) in [5.41, 5.74) is 6.13. The van der Waals surface area contributed by atoms with Crippen molar-refractivity contribution in [3.63, 3.8) is 0 Å². The molecule has 1 saturated heterocycles. The van der Waals surface area contributed by atoms with Gasteiger partial charge in [-0.25, -0.2) is 4.98 Å². The Balaban J connectivity index is 1.18. The van der Waals surface area contributed by atoms with Gasteiger partial charge in [0.25, 0.3) is 0 Å². The highest BCUT2D eigenvalue weighted by atomic mass is 32.1. The number of benzene rings is 3. The lowest BCUT2D eigenvalue weighted by molar-refractivity contribution is -0.126. The SMILES string of the molecule is Cc1ccc(N2CC(C(=O)NCc3ccc(-c4nc(-c5ccccc5)cs4)cc3)CC2=O)cc1. The largest absolute Gasteiger partial charge is 0.352 e. The van der Waals surface area contributed by atoms with Crippen molar-refractivity contribution in [2.75, 3.05) is 11.4 Å². The molecule has 5 rings (SSSR count). The van der Waals surface area contributed by atoms with Crippen LogP contribution >= 0.6 is 11.3 Å². The third-order valence-corrected chi connectivity index (χ3v) is 6.97. The van der Waals surface area contributed by atoms with Gasteiger partial charge in [-0.05, 0) is 24.6 Å². The summed E-state index contributed by atoms with van der Waals surface area (Å²) in [6.07, 6.45) is 0.243. The quantitative estimate of drug-likeness (QED) is 0.410. The van der Waals surface area contributed by atoms with Crippen LogP contribution in [0.15, 0.2) is 84.2 Å². The van der Waals surface area contributed by atoms with Crippen LogP contribution in [0.3, 0.4) is 0 Å². The van der Waals surface area contributed by atoms with Crippen molar-refractivity contribution in [1.82, 2.24) is 10.3 Å². The minimum Gasteiger partial charge on any atom is -0.352 e. The number of amides is 2. The molecule has 0 aliphatic carbocycles. The van der Waals surface area contributed by atoms with Gasteiger partial charge >= 0.3 is 0 Å². The van der Waals surface area contributed by atoms with E-state index < -0.39 is 0 Å². The van der Waals surface area contributed by atoms with Crippen molar-refractivity contribution in [3.05, 3.63) is 95.4 Å². The van der Waals surface area contributed by atoms with Crippen LogP contribution in [0.1, 0.15) is 17.5 Å². The summed E-state index contributed by atoms with van der Waals surface area (Å²) < 4.78 is 0. The first kappa shape index (κ1) is 22.0. The highest BCUT2D eigenvalue weighted by Gasteiger charge is 2.34. The molecule has 1 N–H and O–H groups in total. The monoisotopic (exact) mass is 467 g/mol. The highest BCUT2D eigenvalue weighted by Crippen LogP contribution is 2.29. The summed E-state index contributed by atoms with van der Waals surface area (Å²) in [4.78, 5) is 31.6. The molecule has 0 bridgehead atoms. The van der Waals surface area contributed by atoms with Crippen LogP contribution in [0.2, 0.25) is 0 Å². The fraction of sp³-hybridized carbons (Fsp3) is 0.179. The van der Waals surface area contributed by atoms with Crippen LogP contribution in [-0.4, -0.2) is 23.3 Å². The average molecular weight is 468 g/mol. The van der Waals surface area contributed by atoms with E-state index in [0.29, 0.717) is 13.1 Å². The van der Waals surface area contributed by atoms with E-state index in [9.17, 15) is 9.59 Å². The summed E-state index contributed by atoms with van der Waals surface area (Å²) in [6, 6.07) is 26.1. The van der Waals surface area contributed by atoms with Crippen LogP contribution in [-0.2, 0) is 16.1 Å². The number of anilines is 1. The molecule has 3 aromatic carbocycles. The first-order valence-electron chi connectivity index (χ1n) is 11.3. The average Bonchev–Trinajstić information content (AvgIpc) is 3.51. The van der Waals surface area contributed by atoms with E-state index in [-0.39, 0.29) is 24.2 Å². The molecule has 1 atom stereocenters. The van der Waals surface area contributed by atoms with Gasteiger partial charge in [-0.3, -0.25) is 9.59 Å². The molecule has 0 saturated carbocycles. The van der Waals surface area contributed by atoms with Crippen molar-refractivity contribution in [3.8, 4) is 21.8 Å². The van der Waals surface area contributed by atoms with E-state index in [2.05, 4.69) is 22.8 Å². The fourth-order valence-corrected chi connectivity index (χ4v) is 4.94. The summed E-state index contributed by atoms with van der Waals surface area (Å²) in [5, 5.41) is 6.04. The van der Waals surface area contributed by atoms with Crippen LogP contribution in [0.4, 0.5) is 5.69 Å². The Hall–Kier alpha value is -3.77. The standard InChI is InChI=1S/C28H25N3O2S/c1-19-7-13-24(14-8-19)31-17-23(15-26(31)32)27(33)29-16-20-9-11-22(12-10-20)28-30-25(18-34-28)21-5-3-2-4-6-21/h2-14,18,23H,15-17H2,1H3,(H,29,33). The van der Waals surface area contributed by atoms with Gasteiger partial charge in [0.05, 0.1) is 11.6 Å². The molecule has 6 heteroatoms. The van der Waals surface area contributed by atoms with E-state index >= 15 is 0 Å². The molecule has 1 aliphatic rings. The van der Waals surface area contributed by atoms with Gasteiger partial charge < -0.3 is 10.2 Å². The zero-order chi connectivity index (χ0) is 23.5. The number of carbonyl (C=O) groups is 2. The van der Waals surface area contributed by atoms with E-state index in [0.717, 1.165) is 38.6 Å². The second-order valence-electron chi connectivity index (χ2n) is 8.56. The van der Waals surface area contributed by atoms with Crippen LogP contribution in [0.5, 0.6) is 0 Å². The van der Waals surface area contributed by atoms with Crippen LogP contribution < -0.4 is 10.2 Å². The molecule has 0 radical (unpaired) electrons. The Morgan fingerprint density at radius 1 is 1.00 bits per heavy atom. The van der Waals surface area contributed by atoms with E-state index in [1.807, 2.05) is 73.7 Å². The highest BCUT2D eigenvalue weighted by molar-refractivity contribution is 7.13. The zero-order valence-electron chi connectivity index (χ0n) is 18.9. The topological polar surface area (TPSA) is 62.3 Å². The van der Waals surface area contributed by atoms with Gasteiger partial charge in [-0.2, -0.15) is 0 Å². The number of rotatable bonds is 6. The van der Waals surface area contributed by atoms with E-state index in [1.54, 1.807) is 16.2 Å². The first-order valence-corrected chi connectivity index (χ1v) is 12.2. The van der Waals surface area contributed by atoms with Gasteiger partial charge in [0.1, 0.15) is 5.01 Å². The molecule has 170 valence electrons. The summed E-state index contributed by atoms with van der Waals surface area (Å²) >= 11 is 1.62. The number of carbonyl (C=O) groups excluding carboxylic acids is 2. The van der Waals surface area contributed by atoms with Gasteiger partial charge in [0.15, 0.2) is 0 Å². The molecule has 2 amide bonds. The number of aryl methyl sites for hydroxylation is 1. The van der Waals surface area contributed by atoms with Crippen molar-refractivity contribution in [2.24, 2.45) is 5.92 Å². The second-order valence-corrected chi connectivity index (χ2v) is 9.42. The maximum atomic E-state index is 12.7. The first-order chi connectivity index (χ1) is 16.6. The molecule has 1 fully saturated rings. The fourth-order valence-electron chi connectivity index (χ4n) is 4.10. The number of thiazole rings is 1. The normalized spacial score (nSPS) is 15.5. The number of aromatic nitrogens is 1. The van der Waals surface area contributed by atoms with Gasteiger partial charge in [-0.1, -0.05) is 72.3 Å². The molecule has 34 heavy (non-hydrogen) atoms. The Kier molecular flexibility index (Phi) is 6.23. The summed E-state index contributed by atoms with van der Waals surface area (Å²) in [7, 11) is 0. The van der Waals surface area contributed by atoms with Crippen molar-refractivity contribution in [1.29, 1.82) is 0 Å². The Morgan fingerprint density at radius 2 is 1.74 bits per heavy atom. The van der Waals surface area contributed by atoms with Gasteiger partial charge in [-0.15, -0.1) is 11.3 Å². The predicted octanol–water partition coefficient (Wildman–Crippen LogP) is 5.45. The lowest BCUT2D eigenvalue weighted by Crippen LogP contribution is -2.32. The van der Waals surface area contributed by atoms with Gasteiger partial charge in [0, 0.05) is 41.7 Å². The molecule has 2 heterocycles. The maximum Gasteiger partial charge on any atom is 0.227 e. The summed E-state index contributed by atoms with van der Waals surface area (Å²) in [6.45, 7) is 2.86. The molecular weight excluding hydrogens is 442 g/mol. The van der Waals surface area contributed by atoms with Crippen molar-refractivity contribution in [2.45, 2.75) is 19.9 Å². The molecule has 5 nitrogen and oxygen atoms in total. The maximum absolute atomic E-state index is 12.7. The van der Waals surface area contributed by atoms with Crippen LogP contribution in [0, 0.1) is 12.8 Å².